The van der Waals surface area contributed by atoms with Crippen LogP contribution in [0.5, 0.6) is 0 Å². The van der Waals surface area contributed by atoms with Crippen LogP contribution in [0.3, 0.4) is 0 Å². The Morgan fingerprint density at radius 2 is 1.86 bits per heavy atom. The molecule has 0 aliphatic carbocycles. The van der Waals surface area contributed by atoms with Crippen LogP contribution in [0.25, 0.3) is 0 Å². The molecule has 2 nitrogen and oxygen atoms in total. The van der Waals surface area contributed by atoms with Crippen LogP contribution in [0, 0.1) is 0 Å². The second-order valence-electron chi connectivity index (χ2n) is 1.09. The number of aliphatic carboxylic acids is 1. The molecule has 0 aromatic rings. The second kappa shape index (κ2) is 4.12. The fourth-order valence-electron chi connectivity index (χ4n) is 0. The van der Waals surface area contributed by atoms with Gasteiger partial charge in [-0.15, -0.1) is 0 Å². The summed E-state index contributed by atoms with van der Waals surface area (Å²) < 4.78 is 0. The van der Waals surface area contributed by atoms with Crippen molar-refractivity contribution < 1.29 is 32.3 Å². The Labute approximate surface area is 57.7 Å². The Hall–Kier alpha value is -0.0497. The first kappa shape index (κ1) is 10.0. The van der Waals surface area contributed by atoms with Crippen molar-refractivity contribution in [1.82, 2.24) is 0 Å². The number of carbonyl (C=O) groups is 1. The third kappa shape index (κ3) is 5.95. The minimum atomic E-state index is -0.935. The summed E-state index contributed by atoms with van der Waals surface area (Å²) in [6, 6.07) is 0. The molecule has 45 valence electrons. The Bertz CT molecular complexity index is 75.7. The Balaban J connectivity index is 0. The summed E-state index contributed by atoms with van der Waals surface area (Å²) in [5.41, 5.74) is 0.176. The fourth-order valence-corrected chi connectivity index (χ4v) is 0. The van der Waals surface area contributed by atoms with Crippen LogP contribution in [0.2, 0.25) is 0 Å². The first-order valence-electron chi connectivity index (χ1n) is 1.53. The molecule has 0 aliphatic rings. The molecule has 0 fully saturated rings. The molecule has 0 unspecified atom stereocenters. The first-order chi connectivity index (χ1) is 2.64. The maximum Gasteiger partial charge on any atom is 0.330 e. The molecular formula is C4H6AuO2. The summed E-state index contributed by atoms with van der Waals surface area (Å²) in [4.78, 5) is 9.60. The molecule has 0 aliphatic heterocycles. The van der Waals surface area contributed by atoms with Crippen LogP contribution in [0.1, 0.15) is 6.92 Å². The van der Waals surface area contributed by atoms with Crippen molar-refractivity contribution in [3.8, 4) is 0 Å². The van der Waals surface area contributed by atoms with Crippen LogP contribution in [-0.4, -0.2) is 11.1 Å². The van der Waals surface area contributed by atoms with Crippen molar-refractivity contribution in [2.24, 2.45) is 0 Å². The molecule has 0 amide bonds. The number of carboxylic acid groups (broad SMARTS) is 1. The first-order valence-corrected chi connectivity index (χ1v) is 1.53. The fraction of sp³-hybridized carbons (Fsp3) is 0.250. The van der Waals surface area contributed by atoms with Gasteiger partial charge >= 0.3 is 5.97 Å². The molecule has 3 heteroatoms. The summed E-state index contributed by atoms with van der Waals surface area (Å²) in [6.07, 6.45) is 0. The molecule has 0 heterocycles. The van der Waals surface area contributed by atoms with Gasteiger partial charge in [-0.1, -0.05) is 6.58 Å². The molecule has 0 aromatic heterocycles. The van der Waals surface area contributed by atoms with Gasteiger partial charge in [0.1, 0.15) is 0 Å². The summed E-state index contributed by atoms with van der Waals surface area (Å²) in [7, 11) is 0. The number of hydrogen-bond donors (Lipinski definition) is 1. The van der Waals surface area contributed by atoms with E-state index in [9.17, 15) is 4.79 Å². The molecule has 7 heavy (non-hydrogen) atoms. The van der Waals surface area contributed by atoms with E-state index in [4.69, 9.17) is 5.11 Å². The quantitative estimate of drug-likeness (QED) is 0.566. The summed E-state index contributed by atoms with van der Waals surface area (Å²) in [5, 5.41) is 7.89. The van der Waals surface area contributed by atoms with Crippen LogP contribution in [0.15, 0.2) is 12.2 Å². The zero-order valence-corrected chi connectivity index (χ0v) is 6.03. The molecule has 0 rings (SSSR count). The van der Waals surface area contributed by atoms with E-state index in [0.29, 0.717) is 0 Å². The summed E-state index contributed by atoms with van der Waals surface area (Å²) in [5.74, 6) is -0.935. The van der Waals surface area contributed by atoms with E-state index in [2.05, 4.69) is 6.58 Å². The molecule has 0 bridgehead atoms. The van der Waals surface area contributed by atoms with Crippen molar-refractivity contribution in [2.45, 2.75) is 6.92 Å². The van der Waals surface area contributed by atoms with Crippen molar-refractivity contribution in [3.63, 3.8) is 0 Å². The van der Waals surface area contributed by atoms with Gasteiger partial charge < -0.3 is 5.11 Å². The van der Waals surface area contributed by atoms with Crippen molar-refractivity contribution >= 4 is 5.97 Å². The van der Waals surface area contributed by atoms with Crippen LogP contribution < -0.4 is 0 Å². The predicted molar refractivity (Wildman–Crippen MR) is 22.4 cm³/mol. The second-order valence-corrected chi connectivity index (χ2v) is 1.09. The van der Waals surface area contributed by atoms with E-state index in [1.807, 2.05) is 0 Å². The Morgan fingerprint density at radius 3 is 1.86 bits per heavy atom. The minimum absolute atomic E-state index is 0. The smallest absolute Gasteiger partial charge is 0.330 e. The molecule has 1 N–H and O–H groups in total. The van der Waals surface area contributed by atoms with Gasteiger partial charge in [0, 0.05) is 28.0 Å². The van der Waals surface area contributed by atoms with Gasteiger partial charge in [0.15, 0.2) is 0 Å². The van der Waals surface area contributed by atoms with Crippen molar-refractivity contribution in [3.05, 3.63) is 12.2 Å². The van der Waals surface area contributed by atoms with Gasteiger partial charge in [-0.05, 0) is 6.92 Å². The van der Waals surface area contributed by atoms with Gasteiger partial charge in [-0.25, -0.2) is 4.79 Å². The average Bonchev–Trinajstić information content (AvgIpc) is 1.36. The van der Waals surface area contributed by atoms with E-state index in [1.54, 1.807) is 0 Å². The molecule has 1 radical (unpaired) electrons. The third-order valence-corrected chi connectivity index (χ3v) is 0.365. The average molecular weight is 283 g/mol. The minimum Gasteiger partial charge on any atom is -0.478 e. The van der Waals surface area contributed by atoms with Crippen molar-refractivity contribution in [1.29, 1.82) is 0 Å². The Kier molecular flexibility index (Phi) is 5.91. The number of rotatable bonds is 1. The maximum absolute atomic E-state index is 9.60. The molecular weight excluding hydrogens is 277 g/mol. The van der Waals surface area contributed by atoms with Gasteiger partial charge in [0.05, 0.1) is 0 Å². The SMILES string of the molecule is C=C(C)C(=O)O.[Au]. The summed E-state index contributed by atoms with van der Waals surface area (Å²) in [6.45, 7) is 4.60. The molecule has 0 aromatic carbocycles. The van der Waals surface area contributed by atoms with Gasteiger partial charge in [-0.3, -0.25) is 0 Å². The third-order valence-electron chi connectivity index (χ3n) is 0.365. The van der Waals surface area contributed by atoms with E-state index in [1.165, 1.54) is 6.92 Å². The van der Waals surface area contributed by atoms with E-state index in [-0.39, 0.29) is 28.0 Å². The van der Waals surface area contributed by atoms with Gasteiger partial charge in [-0.2, -0.15) is 0 Å². The van der Waals surface area contributed by atoms with Crippen molar-refractivity contribution in [2.75, 3.05) is 0 Å². The largest absolute Gasteiger partial charge is 0.478 e. The standard InChI is InChI=1S/C4H6O2.Au/c1-3(2)4(5)6;/h1H2,2H3,(H,5,6);. The maximum atomic E-state index is 9.60. The molecule has 0 spiro atoms. The topological polar surface area (TPSA) is 37.3 Å². The predicted octanol–water partition coefficient (Wildman–Crippen LogP) is 0.645. The number of carboxylic acids is 1. The van der Waals surface area contributed by atoms with Gasteiger partial charge in [0.25, 0.3) is 0 Å². The van der Waals surface area contributed by atoms with Crippen LogP contribution in [0.4, 0.5) is 0 Å². The monoisotopic (exact) mass is 283 g/mol. The zero-order valence-electron chi connectivity index (χ0n) is 3.86. The summed E-state index contributed by atoms with van der Waals surface area (Å²) >= 11 is 0. The number of hydrogen-bond acceptors (Lipinski definition) is 1. The van der Waals surface area contributed by atoms with E-state index >= 15 is 0 Å². The van der Waals surface area contributed by atoms with Crippen LogP contribution >= 0.6 is 0 Å². The molecule has 0 atom stereocenters. The van der Waals surface area contributed by atoms with Crippen LogP contribution in [-0.2, 0) is 27.2 Å². The van der Waals surface area contributed by atoms with Gasteiger partial charge in [0.2, 0.25) is 0 Å². The molecule has 0 saturated heterocycles. The normalized spacial score (nSPS) is 6.43. The Morgan fingerprint density at radius 1 is 1.71 bits per heavy atom. The van der Waals surface area contributed by atoms with E-state index in [0.717, 1.165) is 0 Å². The molecule has 0 saturated carbocycles. The zero-order chi connectivity index (χ0) is 5.15. The van der Waals surface area contributed by atoms with E-state index < -0.39 is 5.97 Å².